The number of rotatable bonds is 3. The third-order valence-corrected chi connectivity index (χ3v) is 2.24. The normalized spacial score (nSPS) is 9.65. The highest BCUT2D eigenvalue weighted by atomic mass is 16.5. The molecule has 1 rings (SSSR count). The molecule has 0 saturated carbocycles. The number of ether oxygens (including phenoxy) is 1. The summed E-state index contributed by atoms with van der Waals surface area (Å²) in [6.45, 7) is 4.67. The fraction of sp³-hybridized carbons (Fsp3) is 0.333. The summed E-state index contributed by atoms with van der Waals surface area (Å²) in [6, 6.07) is 3.42. The molecule has 2 amide bonds. The lowest BCUT2D eigenvalue weighted by molar-refractivity contribution is -0.115. The lowest BCUT2D eigenvalue weighted by Gasteiger charge is -2.14. The van der Waals surface area contributed by atoms with E-state index < -0.39 is 0 Å². The Morgan fingerprint density at radius 1 is 1.06 bits per heavy atom. The monoisotopic (exact) mass is 236 g/mol. The third-order valence-electron chi connectivity index (χ3n) is 2.24. The van der Waals surface area contributed by atoms with E-state index in [1.54, 1.807) is 12.1 Å². The minimum atomic E-state index is -0.171. The van der Waals surface area contributed by atoms with Gasteiger partial charge in [0.25, 0.3) is 0 Å². The van der Waals surface area contributed by atoms with Crippen LogP contribution in [0.2, 0.25) is 0 Å². The predicted octanol–water partition coefficient (Wildman–Crippen LogP) is 1.92. The number of amides is 2. The molecule has 0 fully saturated rings. The van der Waals surface area contributed by atoms with Gasteiger partial charge in [0.1, 0.15) is 5.75 Å². The highest BCUT2D eigenvalue weighted by Gasteiger charge is 2.09. The Morgan fingerprint density at radius 2 is 1.47 bits per heavy atom. The van der Waals surface area contributed by atoms with Crippen molar-refractivity contribution in [1.29, 1.82) is 0 Å². The number of carbonyl (C=O) groups is 2. The molecule has 17 heavy (non-hydrogen) atoms. The molecule has 0 spiro atoms. The summed E-state index contributed by atoms with van der Waals surface area (Å²) in [7, 11) is 1.53. The summed E-state index contributed by atoms with van der Waals surface area (Å²) in [5.41, 5.74) is 2.04. The highest BCUT2D eigenvalue weighted by molar-refractivity contribution is 5.94. The lowest BCUT2D eigenvalue weighted by atomic mass is 10.1. The maximum atomic E-state index is 11.1. The van der Waals surface area contributed by atoms with Crippen LogP contribution in [0.3, 0.4) is 0 Å². The molecule has 0 heterocycles. The number of hydrogen-bond donors (Lipinski definition) is 2. The number of nitrogens with one attached hydrogen (secondary N) is 2. The summed E-state index contributed by atoms with van der Waals surface area (Å²) in [5.74, 6) is 0.230. The molecule has 2 N–H and O–H groups in total. The van der Waals surface area contributed by atoms with E-state index in [1.807, 2.05) is 6.92 Å². The number of methoxy groups -OCH3 is 1. The van der Waals surface area contributed by atoms with Crippen LogP contribution in [0.25, 0.3) is 0 Å². The van der Waals surface area contributed by atoms with Crippen LogP contribution in [0.5, 0.6) is 5.75 Å². The fourth-order valence-corrected chi connectivity index (χ4v) is 1.44. The molecule has 0 saturated heterocycles. The van der Waals surface area contributed by atoms with Gasteiger partial charge in [0.2, 0.25) is 11.8 Å². The van der Waals surface area contributed by atoms with E-state index >= 15 is 0 Å². The molecule has 0 aliphatic rings. The number of hydrogen-bond acceptors (Lipinski definition) is 3. The van der Waals surface area contributed by atoms with Crippen LogP contribution in [0, 0.1) is 6.92 Å². The molecule has 0 aromatic heterocycles. The Balaban J connectivity index is 3.20. The summed E-state index contributed by atoms with van der Waals surface area (Å²) in [5, 5.41) is 5.38. The molecule has 0 atom stereocenters. The van der Waals surface area contributed by atoms with Crippen molar-refractivity contribution in [2.75, 3.05) is 17.7 Å². The van der Waals surface area contributed by atoms with Crippen molar-refractivity contribution in [2.45, 2.75) is 20.8 Å². The van der Waals surface area contributed by atoms with Gasteiger partial charge in [-0.3, -0.25) is 9.59 Å². The summed E-state index contributed by atoms with van der Waals surface area (Å²) in [4.78, 5) is 22.1. The number of carbonyl (C=O) groups excluding carboxylic acids is 2. The Labute approximate surface area is 100 Å². The average Bonchev–Trinajstić information content (AvgIpc) is 2.22. The Kier molecular flexibility index (Phi) is 4.09. The van der Waals surface area contributed by atoms with Crippen molar-refractivity contribution in [3.8, 4) is 5.75 Å². The zero-order valence-electron chi connectivity index (χ0n) is 10.4. The first-order valence-corrected chi connectivity index (χ1v) is 5.18. The van der Waals surface area contributed by atoms with Crippen LogP contribution in [-0.2, 0) is 9.59 Å². The molecular formula is C12H16N2O3. The number of benzene rings is 1. The van der Waals surface area contributed by atoms with Gasteiger partial charge in [-0.15, -0.1) is 0 Å². The first-order valence-electron chi connectivity index (χ1n) is 5.18. The zero-order valence-corrected chi connectivity index (χ0v) is 10.4. The molecule has 0 radical (unpaired) electrons. The number of anilines is 2. The first kappa shape index (κ1) is 13.0. The van der Waals surface area contributed by atoms with Gasteiger partial charge in [-0.05, 0) is 12.5 Å². The van der Waals surface area contributed by atoms with Gasteiger partial charge < -0.3 is 15.4 Å². The lowest BCUT2D eigenvalue weighted by Crippen LogP contribution is -2.11. The summed E-state index contributed by atoms with van der Waals surface area (Å²) in [6.07, 6.45) is 0. The smallest absolute Gasteiger partial charge is 0.221 e. The van der Waals surface area contributed by atoms with Crippen molar-refractivity contribution in [1.82, 2.24) is 0 Å². The van der Waals surface area contributed by atoms with Crippen molar-refractivity contribution >= 4 is 23.2 Å². The second-order valence-corrected chi connectivity index (χ2v) is 3.71. The summed E-state index contributed by atoms with van der Waals surface area (Å²) < 4.78 is 5.11. The van der Waals surface area contributed by atoms with Crippen LogP contribution in [0.4, 0.5) is 11.4 Å². The van der Waals surface area contributed by atoms with E-state index in [1.165, 1.54) is 21.0 Å². The molecule has 92 valence electrons. The van der Waals surface area contributed by atoms with Crippen molar-refractivity contribution in [3.63, 3.8) is 0 Å². The molecule has 5 nitrogen and oxygen atoms in total. The van der Waals surface area contributed by atoms with E-state index in [2.05, 4.69) is 10.6 Å². The van der Waals surface area contributed by atoms with Gasteiger partial charge in [0.05, 0.1) is 7.11 Å². The van der Waals surface area contributed by atoms with E-state index in [0.717, 1.165) is 5.56 Å². The standard InChI is InChI=1S/C12H16N2O3/c1-7-11(13-8(2)15)5-10(17-4)6-12(7)14-9(3)16/h5-6H,1-4H3,(H,13,15)(H,14,16). The van der Waals surface area contributed by atoms with Gasteiger partial charge >= 0.3 is 0 Å². The fourth-order valence-electron chi connectivity index (χ4n) is 1.44. The van der Waals surface area contributed by atoms with Crippen LogP contribution in [-0.4, -0.2) is 18.9 Å². The highest BCUT2D eigenvalue weighted by Crippen LogP contribution is 2.29. The van der Waals surface area contributed by atoms with E-state index in [-0.39, 0.29) is 11.8 Å². The molecule has 0 bridgehead atoms. The molecule has 0 unspecified atom stereocenters. The van der Waals surface area contributed by atoms with Gasteiger partial charge in [0.15, 0.2) is 0 Å². The maximum Gasteiger partial charge on any atom is 0.221 e. The topological polar surface area (TPSA) is 67.4 Å². The zero-order chi connectivity index (χ0) is 13.0. The average molecular weight is 236 g/mol. The third kappa shape index (κ3) is 3.48. The second-order valence-electron chi connectivity index (χ2n) is 3.71. The second kappa shape index (κ2) is 5.34. The quantitative estimate of drug-likeness (QED) is 0.842. The van der Waals surface area contributed by atoms with Crippen LogP contribution in [0.1, 0.15) is 19.4 Å². The van der Waals surface area contributed by atoms with Crippen molar-refractivity contribution < 1.29 is 14.3 Å². The molecule has 5 heteroatoms. The van der Waals surface area contributed by atoms with E-state index in [4.69, 9.17) is 4.74 Å². The Bertz CT molecular complexity index is 418. The molecule has 0 aliphatic heterocycles. The van der Waals surface area contributed by atoms with Gasteiger partial charge in [-0.1, -0.05) is 0 Å². The first-order chi connectivity index (χ1) is 7.93. The predicted molar refractivity (Wildman–Crippen MR) is 66.3 cm³/mol. The van der Waals surface area contributed by atoms with E-state index in [0.29, 0.717) is 17.1 Å². The van der Waals surface area contributed by atoms with Gasteiger partial charge in [-0.2, -0.15) is 0 Å². The molecular weight excluding hydrogens is 220 g/mol. The van der Waals surface area contributed by atoms with Gasteiger partial charge in [-0.25, -0.2) is 0 Å². The SMILES string of the molecule is COc1cc(NC(C)=O)c(C)c(NC(C)=O)c1. The molecule has 1 aromatic carbocycles. The molecule has 1 aromatic rings. The molecule has 0 aliphatic carbocycles. The van der Waals surface area contributed by atoms with Crippen LogP contribution in [0.15, 0.2) is 12.1 Å². The van der Waals surface area contributed by atoms with E-state index in [9.17, 15) is 9.59 Å². The van der Waals surface area contributed by atoms with Crippen LogP contribution < -0.4 is 15.4 Å². The maximum absolute atomic E-state index is 11.1. The van der Waals surface area contributed by atoms with Crippen molar-refractivity contribution in [2.24, 2.45) is 0 Å². The Hall–Kier alpha value is -2.04. The Morgan fingerprint density at radius 3 is 1.76 bits per heavy atom. The summed E-state index contributed by atoms with van der Waals surface area (Å²) >= 11 is 0. The minimum Gasteiger partial charge on any atom is -0.497 e. The minimum absolute atomic E-state index is 0.171. The van der Waals surface area contributed by atoms with Crippen molar-refractivity contribution in [3.05, 3.63) is 17.7 Å². The largest absolute Gasteiger partial charge is 0.497 e. The van der Waals surface area contributed by atoms with Crippen LogP contribution >= 0.6 is 0 Å². The van der Waals surface area contributed by atoms with Gasteiger partial charge in [0, 0.05) is 37.4 Å².